The number of urea groups is 1. The fourth-order valence-corrected chi connectivity index (χ4v) is 2.85. The summed E-state index contributed by atoms with van der Waals surface area (Å²) in [4.78, 5) is 12.0. The number of amides is 2. The van der Waals surface area contributed by atoms with E-state index in [1.54, 1.807) is 0 Å². The molecule has 0 spiro atoms. The van der Waals surface area contributed by atoms with E-state index in [-0.39, 0.29) is 12.1 Å². The summed E-state index contributed by atoms with van der Waals surface area (Å²) in [6.07, 6.45) is 1.69. The SMILES string of the molecule is CC(NC(=O)NCCCOCCc1ccccc1)c1cc2ccccc2o1. The summed E-state index contributed by atoms with van der Waals surface area (Å²) in [6.45, 7) is 3.81. The number of hydrogen-bond donors (Lipinski definition) is 2. The number of rotatable bonds is 9. The molecule has 0 aliphatic heterocycles. The van der Waals surface area contributed by atoms with Crippen LogP contribution in [0.25, 0.3) is 11.0 Å². The highest BCUT2D eigenvalue weighted by Crippen LogP contribution is 2.23. The summed E-state index contributed by atoms with van der Waals surface area (Å²) in [6, 6.07) is 19.6. The maximum Gasteiger partial charge on any atom is 0.315 e. The van der Waals surface area contributed by atoms with E-state index < -0.39 is 0 Å². The van der Waals surface area contributed by atoms with Crippen LogP contribution in [0.4, 0.5) is 4.79 Å². The standard InChI is InChI=1S/C22H26N2O3/c1-17(21-16-19-10-5-6-11-20(19)27-21)24-22(25)23-13-7-14-26-15-12-18-8-3-2-4-9-18/h2-6,8-11,16-17H,7,12-15H2,1H3,(H2,23,24,25). The lowest BCUT2D eigenvalue weighted by atomic mass is 10.2. The minimum atomic E-state index is -0.202. The first kappa shape index (κ1) is 19.0. The molecule has 5 heteroatoms. The van der Waals surface area contributed by atoms with Crippen molar-refractivity contribution in [1.29, 1.82) is 0 Å². The van der Waals surface area contributed by atoms with Crippen molar-refractivity contribution in [3.8, 4) is 0 Å². The monoisotopic (exact) mass is 366 g/mol. The number of furan rings is 1. The normalized spacial score (nSPS) is 12.0. The number of hydrogen-bond acceptors (Lipinski definition) is 3. The van der Waals surface area contributed by atoms with Crippen LogP contribution in [-0.4, -0.2) is 25.8 Å². The second-order valence-electron chi connectivity index (χ2n) is 6.51. The highest BCUT2D eigenvalue weighted by Gasteiger charge is 2.13. The van der Waals surface area contributed by atoms with Crippen LogP contribution in [-0.2, 0) is 11.2 Å². The van der Waals surface area contributed by atoms with Crippen LogP contribution in [0.5, 0.6) is 0 Å². The molecule has 142 valence electrons. The topological polar surface area (TPSA) is 63.5 Å². The van der Waals surface area contributed by atoms with Gasteiger partial charge in [-0.3, -0.25) is 0 Å². The van der Waals surface area contributed by atoms with Gasteiger partial charge in [0.2, 0.25) is 0 Å². The molecule has 0 aliphatic carbocycles. The Balaban J connectivity index is 1.29. The predicted molar refractivity (Wildman–Crippen MR) is 107 cm³/mol. The number of benzene rings is 2. The lowest BCUT2D eigenvalue weighted by Gasteiger charge is -2.12. The van der Waals surface area contributed by atoms with Gasteiger partial charge in [0.05, 0.1) is 12.6 Å². The first-order valence-corrected chi connectivity index (χ1v) is 9.37. The molecule has 0 radical (unpaired) electrons. The third kappa shape index (κ3) is 5.86. The lowest BCUT2D eigenvalue weighted by Crippen LogP contribution is -2.37. The summed E-state index contributed by atoms with van der Waals surface area (Å²) in [5.74, 6) is 0.746. The first-order chi connectivity index (χ1) is 13.2. The van der Waals surface area contributed by atoms with E-state index in [1.165, 1.54) is 5.56 Å². The zero-order valence-corrected chi connectivity index (χ0v) is 15.6. The molecule has 1 heterocycles. The van der Waals surface area contributed by atoms with E-state index in [9.17, 15) is 4.79 Å². The van der Waals surface area contributed by atoms with Gasteiger partial charge in [-0.05, 0) is 37.5 Å². The Kier molecular flexibility index (Phi) is 6.88. The van der Waals surface area contributed by atoms with Crippen molar-refractivity contribution in [2.24, 2.45) is 0 Å². The Morgan fingerprint density at radius 1 is 1.07 bits per heavy atom. The van der Waals surface area contributed by atoms with Crippen LogP contribution in [0.3, 0.4) is 0 Å². The van der Waals surface area contributed by atoms with Gasteiger partial charge in [-0.1, -0.05) is 48.5 Å². The number of fused-ring (bicyclic) bond motifs is 1. The van der Waals surface area contributed by atoms with Gasteiger partial charge < -0.3 is 19.8 Å². The van der Waals surface area contributed by atoms with Gasteiger partial charge in [0.1, 0.15) is 11.3 Å². The first-order valence-electron chi connectivity index (χ1n) is 9.37. The minimum absolute atomic E-state index is 0.195. The van der Waals surface area contributed by atoms with Crippen LogP contribution in [0, 0.1) is 0 Å². The van der Waals surface area contributed by atoms with E-state index >= 15 is 0 Å². The highest BCUT2D eigenvalue weighted by molar-refractivity contribution is 5.78. The number of ether oxygens (including phenoxy) is 1. The maximum absolute atomic E-state index is 12.0. The van der Waals surface area contributed by atoms with Crippen LogP contribution >= 0.6 is 0 Å². The summed E-state index contributed by atoms with van der Waals surface area (Å²) in [5.41, 5.74) is 2.10. The number of carbonyl (C=O) groups is 1. The Labute approximate surface area is 159 Å². The zero-order chi connectivity index (χ0) is 18.9. The largest absolute Gasteiger partial charge is 0.459 e. The molecule has 2 N–H and O–H groups in total. The van der Waals surface area contributed by atoms with Crippen molar-refractivity contribution in [3.05, 3.63) is 72.0 Å². The second kappa shape index (κ2) is 9.78. The molecule has 1 unspecified atom stereocenters. The molecule has 27 heavy (non-hydrogen) atoms. The molecule has 1 aromatic heterocycles. The lowest BCUT2D eigenvalue weighted by molar-refractivity contribution is 0.135. The summed E-state index contributed by atoms with van der Waals surface area (Å²) in [7, 11) is 0. The fourth-order valence-electron chi connectivity index (χ4n) is 2.85. The molecule has 0 saturated heterocycles. The second-order valence-corrected chi connectivity index (χ2v) is 6.51. The maximum atomic E-state index is 12.0. The van der Waals surface area contributed by atoms with Crippen LogP contribution in [0.2, 0.25) is 0 Å². The summed E-state index contributed by atoms with van der Waals surface area (Å²) in [5, 5.41) is 6.79. The van der Waals surface area contributed by atoms with Crippen molar-refractivity contribution in [3.63, 3.8) is 0 Å². The van der Waals surface area contributed by atoms with Crippen molar-refractivity contribution < 1.29 is 13.9 Å². The Morgan fingerprint density at radius 2 is 1.85 bits per heavy atom. The van der Waals surface area contributed by atoms with Crippen molar-refractivity contribution in [2.45, 2.75) is 25.8 Å². The Bertz CT molecular complexity index is 812. The van der Waals surface area contributed by atoms with Crippen molar-refractivity contribution in [2.75, 3.05) is 19.8 Å². The van der Waals surface area contributed by atoms with E-state index in [0.717, 1.165) is 29.6 Å². The molecular formula is C22H26N2O3. The van der Waals surface area contributed by atoms with Crippen molar-refractivity contribution >= 4 is 17.0 Å². The molecule has 5 nitrogen and oxygen atoms in total. The van der Waals surface area contributed by atoms with Crippen LogP contribution < -0.4 is 10.6 Å². The van der Waals surface area contributed by atoms with Gasteiger partial charge in [-0.25, -0.2) is 4.79 Å². The minimum Gasteiger partial charge on any atom is -0.459 e. The molecule has 0 saturated carbocycles. The van der Waals surface area contributed by atoms with E-state index in [1.807, 2.05) is 55.5 Å². The summed E-state index contributed by atoms with van der Waals surface area (Å²) >= 11 is 0. The van der Waals surface area contributed by atoms with E-state index in [0.29, 0.717) is 19.8 Å². The van der Waals surface area contributed by atoms with Crippen LogP contribution in [0.1, 0.15) is 30.7 Å². The quantitative estimate of drug-likeness (QED) is 0.550. The van der Waals surface area contributed by atoms with Gasteiger partial charge >= 0.3 is 6.03 Å². The molecular weight excluding hydrogens is 340 g/mol. The zero-order valence-electron chi connectivity index (χ0n) is 15.6. The summed E-state index contributed by atoms with van der Waals surface area (Å²) < 4.78 is 11.4. The van der Waals surface area contributed by atoms with Crippen molar-refractivity contribution in [1.82, 2.24) is 10.6 Å². The third-order valence-electron chi connectivity index (χ3n) is 4.35. The number of nitrogens with one attached hydrogen (secondary N) is 2. The molecule has 2 amide bonds. The van der Waals surface area contributed by atoms with E-state index in [4.69, 9.17) is 9.15 Å². The molecule has 0 aliphatic rings. The van der Waals surface area contributed by atoms with Gasteiger partial charge in [0, 0.05) is 18.5 Å². The van der Waals surface area contributed by atoms with Gasteiger partial charge in [-0.15, -0.1) is 0 Å². The smallest absolute Gasteiger partial charge is 0.315 e. The van der Waals surface area contributed by atoms with Gasteiger partial charge in [0.15, 0.2) is 0 Å². The predicted octanol–water partition coefficient (Wildman–Crippen LogP) is 4.44. The molecule has 3 aromatic rings. The molecule has 1 atom stereocenters. The third-order valence-corrected chi connectivity index (χ3v) is 4.35. The van der Waals surface area contributed by atoms with Gasteiger partial charge in [0.25, 0.3) is 0 Å². The molecule has 2 aromatic carbocycles. The Morgan fingerprint density at radius 3 is 2.67 bits per heavy atom. The average molecular weight is 366 g/mol. The molecule has 0 fully saturated rings. The number of carbonyl (C=O) groups excluding carboxylic acids is 1. The number of para-hydroxylation sites is 1. The van der Waals surface area contributed by atoms with Gasteiger partial charge in [-0.2, -0.15) is 0 Å². The van der Waals surface area contributed by atoms with E-state index in [2.05, 4.69) is 22.8 Å². The average Bonchev–Trinajstić information content (AvgIpc) is 3.12. The fraction of sp³-hybridized carbons (Fsp3) is 0.318. The van der Waals surface area contributed by atoms with Crippen LogP contribution in [0.15, 0.2) is 65.1 Å². The molecule has 0 bridgehead atoms. The Hall–Kier alpha value is -2.79. The molecule has 3 rings (SSSR count). The highest BCUT2D eigenvalue weighted by atomic mass is 16.5.